The van der Waals surface area contributed by atoms with E-state index in [1.54, 1.807) is 4.90 Å². The highest BCUT2D eigenvalue weighted by atomic mass is 35.5. The van der Waals surface area contributed by atoms with Gasteiger partial charge in [0.05, 0.1) is 19.6 Å². The maximum Gasteiger partial charge on any atom is 0.123 e. The summed E-state index contributed by atoms with van der Waals surface area (Å²) in [5.41, 5.74) is 5.09. The highest BCUT2D eigenvalue weighted by molar-refractivity contribution is 5.39. The zero-order valence-electron chi connectivity index (χ0n) is 23.9. The molecule has 1 heterocycles. The summed E-state index contributed by atoms with van der Waals surface area (Å²) in [4.78, 5) is 1.65. The first-order chi connectivity index (χ1) is 19.6. The van der Waals surface area contributed by atoms with Crippen LogP contribution in [0.4, 0.5) is 8.78 Å². The van der Waals surface area contributed by atoms with Gasteiger partial charge in [-0.15, -0.1) is 0 Å². The van der Waals surface area contributed by atoms with Crippen molar-refractivity contribution < 1.29 is 31.2 Å². The van der Waals surface area contributed by atoms with Crippen LogP contribution in [0.3, 0.4) is 0 Å². The minimum Gasteiger partial charge on any atom is -1.00 e. The summed E-state index contributed by atoms with van der Waals surface area (Å²) in [6, 6.07) is 35.5. The Kier molecular flexibility index (Phi) is 13.0. The number of likely N-dealkylation sites (tertiary alicyclic amines) is 1. The minimum absolute atomic E-state index is 0. The summed E-state index contributed by atoms with van der Waals surface area (Å²) >= 11 is 0. The third-order valence-electron chi connectivity index (χ3n) is 8.25. The molecule has 41 heavy (non-hydrogen) atoms. The maximum absolute atomic E-state index is 13.6. The number of aliphatic hydroxyl groups excluding tert-OH is 1. The number of piperidine rings is 1. The molecule has 0 spiro atoms. The topological polar surface area (TPSA) is 24.7 Å². The Morgan fingerprint density at radius 3 is 1.51 bits per heavy atom. The Balaban J connectivity index is 0.000000869. The fourth-order valence-electron chi connectivity index (χ4n) is 6.01. The molecule has 0 bridgehead atoms. The van der Waals surface area contributed by atoms with Crippen LogP contribution >= 0.6 is 0 Å². The van der Waals surface area contributed by atoms with E-state index in [9.17, 15) is 8.78 Å². The summed E-state index contributed by atoms with van der Waals surface area (Å²) < 4.78 is 27.1. The monoisotopic (exact) mass is 577 g/mol. The Hall–Kier alpha value is -3.05. The lowest BCUT2D eigenvalue weighted by atomic mass is 9.68. The number of benzene rings is 4. The van der Waals surface area contributed by atoms with E-state index in [0.717, 1.165) is 62.9 Å². The van der Waals surface area contributed by atoms with E-state index in [-0.39, 0.29) is 35.4 Å². The lowest BCUT2D eigenvalue weighted by molar-refractivity contribution is -0.906. The second-order valence-corrected chi connectivity index (χ2v) is 10.8. The molecule has 4 aromatic rings. The van der Waals surface area contributed by atoms with Crippen LogP contribution in [0, 0.1) is 11.6 Å². The average Bonchev–Trinajstić information content (AvgIpc) is 3.02. The number of aliphatic hydroxyl groups is 1. The Morgan fingerprint density at radius 2 is 1.12 bits per heavy atom. The molecule has 1 fully saturated rings. The van der Waals surface area contributed by atoms with Crippen molar-refractivity contribution in [2.24, 2.45) is 0 Å². The Labute approximate surface area is 250 Å². The normalized spacial score (nSPS) is 14.6. The van der Waals surface area contributed by atoms with E-state index in [2.05, 4.69) is 60.7 Å². The number of hydrogen-bond donors (Lipinski definition) is 2. The molecule has 5 rings (SSSR count). The molecule has 2 nitrogen and oxygen atoms in total. The van der Waals surface area contributed by atoms with Crippen LogP contribution in [0.15, 0.2) is 109 Å². The molecule has 0 amide bonds. The molecule has 1 saturated heterocycles. The molecule has 4 aromatic carbocycles. The van der Waals surface area contributed by atoms with Crippen molar-refractivity contribution in [2.75, 3.05) is 26.2 Å². The van der Waals surface area contributed by atoms with Gasteiger partial charge in [-0.1, -0.05) is 91.9 Å². The second kappa shape index (κ2) is 16.4. The van der Waals surface area contributed by atoms with Gasteiger partial charge in [0.15, 0.2) is 0 Å². The third-order valence-corrected chi connectivity index (χ3v) is 8.25. The van der Waals surface area contributed by atoms with Crippen molar-refractivity contribution in [3.05, 3.63) is 143 Å². The van der Waals surface area contributed by atoms with E-state index in [1.807, 2.05) is 31.2 Å². The fourth-order valence-corrected chi connectivity index (χ4v) is 6.01. The molecular weight excluding hydrogens is 536 g/mol. The minimum atomic E-state index is -0.227. The van der Waals surface area contributed by atoms with Crippen LogP contribution in [0.25, 0.3) is 0 Å². The quantitative estimate of drug-likeness (QED) is 0.310. The van der Waals surface area contributed by atoms with Crippen molar-refractivity contribution >= 4 is 0 Å². The predicted molar refractivity (Wildman–Crippen MR) is 160 cm³/mol. The van der Waals surface area contributed by atoms with E-state index < -0.39 is 0 Å². The van der Waals surface area contributed by atoms with Gasteiger partial charge in [-0.2, -0.15) is 0 Å². The van der Waals surface area contributed by atoms with Gasteiger partial charge < -0.3 is 22.4 Å². The number of halogens is 3. The van der Waals surface area contributed by atoms with Crippen LogP contribution in [-0.2, 0) is 5.41 Å². The third kappa shape index (κ3) is 8.72. The Morgan fingerprint density at radius 1 is 0.707 bits per heavy atom. The number of nitrogens with one attached hydrogen (secondary N) is 1. The molecular formula is C36H42ClF2NO. The number of quaternary nitrogens is 1. The molecule has 0 atom stereocenters. The van der Waals surface area contributed by atoms with Gasteiger partial charge in [0, 0.05) is 30.8 Å². The summed E-state index contributed by atoms with van der Waals surface area (Å²) in [6.45, 7) is 5.64. The SMILES string of the molecule is CCCO.Fc1ccc(C(CCC[NH+]2CCC(c3ccccc3)(c3ccccc3)CC2)c2ccc(F)cc2)cc1.[Cl-]. The number of hydrogen-bond acceptors (Lipinski definition) is 1. The van der Waals surface area contributed by atoms with Crippen LogP contribution in [0.5, 0.6) is 0 Å². The lowest BCUT2D eigenvalue weighted by Crippen LogP contribution is -3.13. The first kappa shape index (κ1) is 32.5. The van der Waals surface area contributed by atoms with Crippen LogP contribution in [0.1, 0.15) is 67.2 Å². The number of rotatable bonds is 9. The largest absolute Gasteiger partial charge is 1.00 e. The highest BCUT2D eigenvalue weighted by Crippen LogP contribution is 2.39. The van der Waals surface area contributed by atoms with Gasteiger partial charge >= 0.3 is 0 Å². The van der Waals surface area contributed by atoms with E-state index >= 15 is 0 Å². The van der Waals surface area contributed by atoms with Crippen LogP contribution in [-0.4, -0.2) is 31.3 Å². The summed E-state index contributed by atoms with van der Waals surface area (Å²) in [7, 11) is 0. The van der Waals surface area contributed by atoms with E-state index in [0.29, 0.717) is 6.61 Å². The molecule has 0 saturated carbocycles. The van der Waals surface area contributed by atoms with Crippen molar-refractivity contribution in [1.29, 1.82) is 0 Å². The lowest BCUT2D eigenvalue weighted by Gasteiger charge is -2.41. The molecule has 5 heteroatoms. The van der Waals surface area contributed by atoms with Gasteiger partial charge in [-0.25, -0.2) is 8.78 Å². The van der Waals surface area contributed by atoms with Crippen LogP contribution < -0.4 is 17.3 Å². The zero-order valence-corrected chi connectivity index (χ0v) is 24.7. The summed E-state index contributed by atoms with van der Waals surface area (Å²) in [5.74, 6) is -0.313. The maximum atomic E-state index is 13.6. The first-order valence-electron chi connectivity index (χ1n) is 14.6. The summed E-state index contributed by atoms with van der Waals surface area (Å²) in [5, 5.41) is 7.88. The van der Waals surface area contributed by atoms with Gasteiger partial charge in [0.1, 0.15) is 11.6 Å². The van der Waals surface area contributed by atoms with Gasteiger partial charge in [-0.05, 0) is 65.8 Å². The first-order valence-corrected chi connectivity index (χ1v) is 14.6. The molecule has 1 aliphatic heterocycles. The molecule has 2 N–H and O–H groups in total. The molecule has 1 aliphatic rings. The molecule has 0 radical (unpaired) electrons. The van der Waals surface area contributed by atoms with Gasteiger partial charge in [0.2, 0.25) is 0 Å². The average molecular weight is 578 g/mol. The standard InChI is InChI=1S/C33H33F2N.C3H8O.ClH/c34-30-17-13-26(14-18-30)32(27-15-19-31(35)20-16-27)12-7-23-36-24-21-33(22-25-36,28-8-3-1-4-9-28)29-10-5-2-6-11-29;1-2-3-4;/h1-6,8-11,13-20,32H,7,12,21-25H2;4H,2-3H2,1H3;1H. The smallest absolute Gasteiger partial charge is 0.123 e. The van der Waals surface area contributed by atoms with Crippen molar-refractivity contribution in [3.8, 4) is 0 Å². The van der Waals surface area contributed by atoms with Crippen molar-refractivity contribution in [3.63, 3.8) is 0 Å². The second-order valence-electron chi connectivity index (χ2n) is 10.8. The molecule has 0 aliphatic carbocycles. The van der Waals surface area contributed by atoms with Crippen molar-refractivity contribution in [1.82, 2.24) is 0 Å². The fraction of sp³-hybridized carbons (Fsp3) is 0.333. The van der Waals surface area contributed by atoms with E-state index in [1.165, 1.54) is 35.4 Å². The molecule has 0 aromatic heterocycles. The van der Waals surface area contributed by atoms with Gasteiger partial charge in [0.25, 0.3) is 0 Å². The Bertz CT molecular complexity index is 1170. The van der Waals surface area contributed by atoms with E-state index in [4.69, 9.17) is 5.11 Å². The van der Waals surface area contributed by atoms with Crippen LogP contribution in [0.2, 0.25) is 0 Å². The molecule has 218 valence electrons. The molecule has 0 unspecified atom stereocenters. The zero-order chi connectivity index (χ0) is 28.2. The highest BCUT2D eigenvalue weighted by Gasteiger charge is 2.39. The predicted octanol–water partition coefficient (Wildman–Crippen LogP) is 3.93. The summed E-state index contributed by atoms with van der Waals surface area (Å²) in [6.07, 6.45) is 5.17. The van der Waals surface area contributed by atoms with Gasteiger partial charge in [-0.3, -0.25) is 0 Å². The van der Waals surface area contributed by atoms with Crippen molar-refractivity contribution in [2.45, 2.75) is 50.4 Å².